The molecule has 1 rings (SSSR count). The van der Waals surface area contributed by atoms with Crippen LogP contribution in [0.3, 0.4) is 0 Å². The summed E-state index contributed by atoms with van der Waals surface area (Å²) in [6, 6.07) is 0. The van der Waals surface area contributed by atoms with E-state index in [1.165, 1.54) is 32.1 Å². The molecule has 1 saturated heterocycles. The Morgan fingerprint density at radius 3 is 2.18 bits per heavy atom. The highest BCUT2D eigenvalue weighted by Crippen LogP contribution is 2.07. The van der Waals surface area contributed by atoms with Crippen LogP contribution in [0.4, 0.5) is 0 Å². The van der Waals surface area contributed by atoms with Crippen LogP contribution in [0.1, 0.15) is 12.8 Å². The van der Waals surface area contributed by atoms with Crippen molar-refractivity contribution in [2.75, 3.05) is 19.3 Å². The van der Waals surface area contributed by atoms with E-state index in [0.29, 0.717) is 0 Å². The summed E-state index contributed by atoms with van der Waals surface area (Å²) in [6.07, 6.45) is 4.03. The molecule has 0 bridgehead atoms. The second kappa shape index (κ2) is 4.52. The summed E-state index contributed by atoms with van der Waals surface area (Å²) in [7, 11) is -0.792. The van der Waals surface area contributed by atoms with Crippen molar-refractivity contribution in [1.82, 2.24) is 4.90 Å². The van der Waals surface area contributed by atoms with Gasteiger partial charge < -0.3 is 4.90 Å². The quantitative estimate of drug-likeness (QED) is 0.571. The van der Waals surface area contributed by atoms with Gasteiger partial charge in [0.15, 0.2) is 0 Å². The van der Waals surface area contributed by atoms with Crippen LogP contribution >= 0.6 is 0 Å². The largest absolute Gasteiger partial charge is 0.306 e. The summed E-state index contributed by atoms with van der Waals surface area (Å²) < 4.78 is 0. The van der Waals surface area contributed by atoms with Gasteiger partial charge in [-0.3, -0.25) is 0 Å². The van der Waals surface area contributed by atoms with Crippen LogP contribution in [0.15, 0.2) is 24.6 Å². The molecular weight excluding hydrogens is 150 g/mol. The van der Waals surface area contributed by atoms with Gasteiger partial charge in [-0.25, -0.2) is 0 Å². The van der Waals surface area contributed by atoms with Crippen molar-refractivity contribution in [3.63, 3.8) is 0 Å². The van der Waals surface area contributed by atoms with Gasteiger partial charge in [0.2, 0.25) is 0 Å². The zero-order valence-corrected chi connectivity index (χ0v) is 8.28. The van der Waals surface area contributed by atoms with E-state index in [2.05, 4.69) is 29.5 Å². The molecule has 0 unspecified atom stereocenters. The van der Waals surface area contributed by atoms with Gasteiger partial charge in [0.1, 0.15) is 0 Å². The average Bonchev–Trinajstić information content (AvgIpc) is 2.52. The van der Waals surface area contributed by atoms with Gasteiger partial charge in [0.25, 0.3) is 0 Å². The van der Waals surface area contributed by atoms with E-state index in [1.807, 2.05) is 0 Å². The van der Waals surface area contributed by atoms with E-state index in [4.69, 9.17) is 0 Å². The predicted molar refractivity (Wildman–Crippen MR) is 53.2 cm³/mol. The number of rotatable bonds is 4. The van der Waals surface area contributed by atoms with Crippen molar-refractivity contribution < 1.29 is 0 Å². The summed E-state index contributed by atoms with van der Waals surface area (Å²) in [4.78, 5) is 2.54. The topological polar surface area (TPSA) is 3.24 Å². The molecule has 0 aliphatic carbocycles. The van der Waals surface area contributed by atoms with Gasteiger partial charge in [-0.05, 0) is 32.1 Å². The molecule has 1 aliphatic heterocycles. The smallest absolute Gasteiger partial charge is 0.0982 e. The molecule has 0 aromatic heterocycles. The Balaban J connectivity index is 2.26. The Kier molecular flexibility index (Phi) is 3.59. The molecule has 0 atom stereocenters. The van der Waals surface area contributed by atoms with Crippen molar-refractivity contribution in [3.05, 3.63) is 24.6 Å². The van der Waals surface area contributed by atoms with E-state index in [1.54, 1.807) is 0 Å². The lowest BCUT2D eigenvalue weighted by atomic mass is 10.4. The lowest BCUT2D eigenvalue weighted by Crippen LogP contribution is -2.30. The Hall–Kier alpha value is -0.343. The number of hydrogen-bond acceptors (Lipinski definition) is 1. The highest BCUT2D eigenvalue weighted by atomic mass is 28.3. The zero-order valence-electron chi connectivity index (χ0n) is 7.13. The van der Waals surface area contributed by atoms with Gasteiger partial charge in [0, 0.05) is 0 Å². The average molecular weight is 167 g/mol. The van der Waals surface area contributed by atoms with E-state index >= 15 is 0 Å². The van der Waals surface area contributed by atoms with Crippen LogP contribution < -0.4 is 0 Å². The second-order valence-corrected chi connectivity index (χ2v) is 5.78. The molecule has 0 aromatic carbocycles. The van der Waals surface area contributed by atoms with Crippen molar-refractivity contribution in [2.24, 2.45) is 0 Å². The van der Waals surface area contributed by atoms with Crippen LogP contribution in [0.2, 0.25) is 0 Å². The number of hydrogen-bond donors (Lipinski definition) is 0. The SMILES string of the molecule is C=C[SiH](C=C)CN1CCCC1. The first-order valence-corrected chi connectivity index (χ1v) is 6.49. The van der Waals surface area contributed by atoms with Crippen LogP contribution in [-0.4, -0.2) is 33.0 Å². The van der Waals surface area contributed by atoms with Crippen LogP contribution in [0.25, 0.3) is 0 Å². The molecule has 0 spiro atoms. The molecule has 1 heterocycles. The molecule has 1 fully saturated rings. The fourth-order valence-corrected chi connectivity index (χ4v) is 2.96. The Bertz CT molecular complexity index is 130. The minimum absolute atomic E-state index is 0.792. The maximum absolute atomic E-state index is 3.84. The maximum Gasteiger partial charge on any atom is 0.0982 e. The van der Waals surface area contributed by atoms with E-state index in [9.17, 15) is 0 Å². The highest BCUT2D eigenvalue weighted by molar-refractivity contribution is 6.69. The lowest BCUT2D eigenvalue weighted by Gasteiger charge is -2.16. The molecule has 11 heavy (non-hydrogen) atoms. The first kappa shape index (κ1) is 8.75. The van der Waals surface area contributed by atoms with Crippen molar-refractivity contribution >= 4 is 8.80 Å². The van der Waals surface area contributed by atoms with Crippen LogP contribution in [0, 0.1) is 0 Å². The fourth-order valence-electron chi connectivity index (χ4n) is 1.51. The summed E-state index contributed by atoms with van der Waals surface area (Å²) in [5.74, 6) is 0. The highest BCUT2D eigenvalue weighted by Gasteiger charge is 2.13. The van der Waals surface area contributed by atoms with Gasteiger partial charge in [0.05, 0.1) is 8.80 Å². The Morgan fingerprint density at radius 2 is 1.73 bits per heavy atom. The van der Waals surface area contributed by atoms with Gasteiger partial charge >= 0.3 is 0 Å². The molecule has 62 valence electrons. The standard InChI is InChI=1S/C9H17NSi/c1-3-11(4-2)9-10-7-5-6-8-10/h3-4,11H,1-2,5-9H2. The summed E-state index contributed by atoms with van der Waals surface area (Å²) in [5.41, 5.74) is 4.23. The lowest BCUT2D eigenvalue weighted by molar-refractivity contribution is 0.393. The van der Waals surface area contributed by atoms with Crippen LogP contribution in [-0.2, 0) is 0 Å². The molecule has 1 nitrogen and oxygen atoms in total. The normalized spacial score (nSPS) is 19.0. The fraction of sp³-hybridized carbons (Fsp3) is 0.556. The Labute approximate surface area is 71.0 Å². The second-order valence-electron chi connectivity index (χ2n) is 3.14. The molecule has 0 saturated carbocycles. The molecule has 0 aromatic rings. The monoisotopic (exact) mass is 167 g/mol. The minimum atomic E-state index is -0.792. The summed E-state index contributed by atoms with van der Waals surface area (Å²) in [6.45, 7) is 10.3. The van der Waals surface area contributed by atoms with Gasteiger partial charge in [-0.1, -0.05) is 11.4 Å². The van der Waals surface area contributed by atoms with E-state index in [-0.39, 0.29) is 0 Å². The Morgan fingerprint density at radius 1 is 1.18 bits per heavy atom. The van der Waals surface area contributed by atoms with E-state index in [0.717, 1.165) is 0 Å². The summed E-state index contributed by atoms with van der Waals surface area (Å²) in [5, 5.41) is 0. The van der Waals surface area contributed by atoms with Crippen LogP contribution in [0.5, 0.6) is 0 Å². The molecule has 2 heteroatoms. The third-order valence-corrected chi connectivity index (χ3v) is 4.42. The van der Waals surface area contributed by atoms with Crippen molar-refractivity contribution in [2.45, 2.75) is 12.8 Å². The predicted octanol–water partition coefficient (Wildman–Crippen LogP) is 1.30. The maximum atomic E-state index is 3.84. The first-order valence-electron chi connectivity index (χ1n) is 4.34. The molecule has 0 radical (unpaired) electrons. The van der Waals surface area contributed by atoms with E-state index < -0.39 is 8.80 Å². The third kappa shape index (κ3) is 2.64. The number of likely N-dealkylation sites (tertiary alicyclic amines) is 1. The molecular formula is C9H17NSi. The minimum Gasteiger partial charge on any atom is -0.306 e. The van der Waals surface area contributed by atoms with Gasteiger partial charge in [-0.2, -0.15) is 0 Å². The zero-order chi connectivity index (χ0) is 8.10. The van der Waals surface area contributed by atoms with Crippen molar-refractivity contribution in [3.8, 4) is 0 Å². The molecule has 0 N–H and O–H groups in total. The summed E-state index contributed by atoms with van der Waals surface area (Å²) >= 11 is 0. The first-order chi connectivity index (χ1) is 5.36. The van der Waals surface area contributed by atoms with Crippen molar-refractivity contribution in [1.29, 1.82) is 0 Å². The number of nitrogens with zero attached hydrogens (tertiary/aromatic N) is 1. The molecule has 0 amide bonds. The molecule has 1 aliphatic rings. The van der Waals surface area contributed by atoms with Gasteiger partial charge in [-0.15, -0.1) is 13.2 Å². The third-order valence-electron chi connectivity index (χ3n) is 2.27.